The number of sulfone groups is 1. The first-order valence-electron chi connectivity index (χ1n) is 9.49. The summed E-state index contributed by atoms with van der Waals surface area (Å²) in [7, 11) is -2.50. The smallest absolute Gasteiger partial charge is 0.251 e. The topological polar surface area (TPSA) is 110 Å². The van der Waals surface area contributed by atoms with Crippen molar-refractivity contribution in [1.82, 2.24) is 25.0 Å². The number of rotatable bonds is 4. The van der Waals surface area contributed by atoms with Crippen molar-refractivity contribution in [3.63, 3.8) is 0 Å². The van der Waals surface area contributed by atoms with Crippen LogP contribution < -0.4 is 5.32 Å². The second-order valence-electron chi connectivity index (χ2n) is 7.43. The molecule has 9 nitrogen and oxygen atoms in total. The monoisotopic (exact) mass is 409 g/mol. The third-order valence-corrected chi connectivity index (χ3v) is 7.07. The van der Waals surface area contributed by atoms with Crippen LogP contribution in [-0.2, 0) is 42.6 Å². The van der Waals surface area contributed by atoms with Crippen LogP contribution in [0.4, 0.5) is 17.3 Å². The molecule has 0 spiro atoms. The van der Waals surface area contributed by atoms with Crippen molar-refractivity contribution in [2.24, 2.45) is 7.05 Å². The van der Waals surface area contributed by atoms with Crippen molar-refractivity contribution in [3.05, 3.63) is 45.9 Å². The minimum absolute atomic E-state index is 0.0443. The lowest BCUT2D eigenvalue weighted by atomic mass is 9.99. The number of benzene rings is 1. The molecule has 0 amide bonds. The maximum Gasteiger partial charge on any atom is 0.251 e. The molecule has 148 valence electrons. The lowest BCUT2D eigenvalue weighted by Gasteiger charge is -2.15. The molecule has 3 aromatic rings. The van der Waals surface area contributed by atoms with E-state index in [1.54, 1.807) is 7.05 Å². The quantitative estimate of drug-likeness (QED) is 0.641. The summed E-state index contributed by atoms with van der Waals surface area (Å²) >= 11 is 0. The van der Waals surface area contributed by atoms with Gasteiger partial charge in [-0.25, -0.2) is 18.4 Å². The van der Waals surface area contributed by atoms with Crippen molar-refractivity contribution in [2.75, 3.05) is 5.32 Å². The summed E-state index contributed by atoms with van der Waals surface area (Å²) in [6.07, 6.45) is 7.77. The molecule has 0 saturated carbocycles. The predicted octanol–water partition coefficient (Wildman–Crippen LogP) is 2.64. The van der Waals surface area contributed by atoms with E-state index >= 15 is 0 Å². The van der Waals surface area contributed by atoms with E-state index in [1.165, 1.54) is 33.1 Å². The van der Waals surface area contributed by atoms with Gasteiger partial charge in [0.05, 0.1) is 6.57 Å². The molecule has 2 aliphatic rings. The van der Waals surface area contributed by atoms with Crippen LogP contribution in [0.2, 0.25) is 0 Å². The van der Waals surface area contributed by atoms with Gasteiger partial charge in [-0.1, -0.05) is 6.07 Å². The summed E-state index contributed by atoms with van der Waals surface area (Å²) < 4.78 is 27.1. The molecule has 1 aromatic carbocycles. The molecule has 0 fully saturated rings. The highest BCUT2D eigenvalue weighted by Gasteiger charge is 2.30. The molecule has 2 N–H and O–H groups in total. The molecular formula is C19H19N7O2S. The molecule has 0 radical (unpaired) electrons. The first-order valence-corrected chi connectivity index (χ1v) is 11.0. The van der Waals surface area contributed by atoms with Crippen molar-refractivity contribution in [3.8, 4) is 0 Å². The normalized spacial score (nSPS) is 15.2. The summed E-state index contributed by atoms with van der Waals surface area (Å²) in [4.78, 5) is 7.42. The van der Waals surface area contributed by atoms with E-state index in [-0.39, 0.29) is 21.8 Å². The molecule has 0 bridgehead atoms. The lowest BCUT2D eigenvalue weighted by molar-refractivity contribution is 0.580. The number of nitrogens with zero attached hydrogens (tertiary/aromatic N) is 5. The van der Waals surface area contributed by atoms with Gasteiger partial charge >= 0.3 is 0 Å². The number of hydrogen-bond donors (Lipinski definition) is 2. The summed E-state index contributed by atoms with van der Waals surface area (Å²) in [6, 6.07) is 2.33. The molecule has 2 heterocycles. The van der Waals surface area contributed by atoms with Crippen molar-refractivity contribution < 1.29 is 8.42 Å². The highest BCUT2D eigenvalue weighted by atomic mass is 32.2. The van der Waals surface area contributed by atoms with Crippen LogP contribution in [-0.4, -0.2) is 33.4 Å². The lowest BCUT2D eigenvalue weighted by Crippen LogP contribution is -2.06. The van der Waals surface area contributed by atoms with E-state index in [0.29, 0.717) is 0 Å². The number of aromatic amines is 1. The molecule has 0 unspecified atom stereocenters. The number of nitrogens with one attached hydrogen (secondary N) is 2. The Hall–Kier alpha value is -3.19. The fourth-order valence-electron chi connectivity index (χ4n) is 4.32. The summed E-state index contributed by atoms with van der Waals surface area (Å²) in [5.41, 5.74) is 6.31. The zero-order chi connectivity index (χ0) is 20.2. The largest absolute Gasteiger partial charge is 0.322 e. The van der Waals surface area contributed by atoms with Gasteiger partial charge < -0.3 is 5.32 Å². The number of fused-ring (bicyclic) bond motifs is 2. The van der Waals surface area contributed by atoms with E-state index in [0.717, 1.165) is 44.2 Å². The zero-order valence-corrected chi connectivity index (χ0v) is 16.7. The first-order chi connectivity index (χ1) is 14.0. The van der Waals surface area contributed by atoms with E-state index in [9.17, 15) is 8.42 Å². The molecule has 5 rings (SSSR count). The average molecular weight is 409 g/mol. The average Bonchev–Trinajstić information content (AvgIpc) is 3.47. The number of aryl methyl sites for hydroxylation is 3. The van der Waals surface area contributed by atoms with E-state index in [4.69, 9.17) is 6.57 Å². The van der Waals surface area contributed by atoms with E-state index < -0.39 is 9.84 Å². The molecule has 0 atom stereocenters. The first kappa shape index (κ1) is 17.9. The van der Waals surface area contributed by atoms with Crippen LogP contribution in [0.3, 0.4) is 0 Å². The van der Waals surface area contributed by atoms with Crippen molar-refractivity contribution in [1.29, 1.82) is 0 Å². The number of anilines is 2. The Kier molecular flexibility index (Phi) is 3.96. The molecule has 2 aliphatic carbocycles. The highest BCUT2D eigenvalue weighted by molar-refractivity contribution is 7.91. The summed E-state index contributed by atoms with van der Waals surface area (Å²) in [5, 5.41) is 13.1. The molecule has 29 heavy (non-hydrogen) atoms. The Labute approximate surface area is 167 Å². The van der Waals surface area contributed by atoms with Gasteiger partial charge in [0.15, 0.2) is 5.03 Å². The SMILES string of the molecule is [C-]#[N+]c1cn(C)nc1S(=O)(=O)c1nc(Nc2c3c(cc4c2CCC4)CCC3)n[nH]1. The Morgan fingerprint density at radius 1 is 1.17 bits per heavy atom. The fourth-order valence-corrected chi connectivity index (χ4v) is 5.48. The van der Waals surface area contributed by atoms with Crippen molar-refractivity contribution in [2.45, 2.75) is 48.7 Å². The van der Waals surface area contributed by atoms with Crippen LogP contribution in [0.1, 0.15) is 35.1 Å². The fraction of sp³-hybridized carbons (Fsp3) is 0.368. The summed E-state index contributed by atoms with van der Waals surface area (Å²) in [5.74, 6) is 0.207. The van der Waals surface area contributed by atoms with E-state index in [2.05, 4.69) is 36.5 Å². The highest BCUT2D eigenvalue weighted by Crippen LogP contribution is 2.39. The van der Waals surface area contributed by atoms with Crippen LogP contribution in [0.15, 0.2) is 22.4 Å². The Balaban J connectivity index is 1.52. The second-order valence-corrected chi connectivity index (χ2v) is 9.21. The number of H-pyrrole nitrogens is 1. The van der Waals surface area contributed by atoms with Crippen LogP contribution in [0.5, 0.6) is 0 Å². The third-order valence-electron chi connectivity index (χ3n) is 5.58. The molecule has 0 saturated heterocycles. The van der Waals surface area contributed by atoms with Gasteiger partial charge in [0.2, 0.25) is 16.8 Å². The molecular weight excluding hydrogens is 390 g/mol. The van der Waals surface area contributed by atoms with Crippen LogP contribution in [0, 0.1) is 6.57 Å². The second kappa shape index (κ2) is 6.42. The van der Waals surface area contributed by atoms with Crippen LogP contribution >= 0.6 is 0 Å². The van der Waals surface area contributed by atoms with Crippen LogP contribution in [0.25, 0.3) is 4.85 Å². The van der Waals surface area contributed by atoms with Gasteiger partial charge in [-0.15, -0.1) is 5.10 Å². The molecule has 2 aromatic heterocycles. The van der Waals surface area contributed by atoms with Gasteiger partial charge in [0, 0.05) is 18.9 Å². The third kappa shape index (κ3) is 2.81. The van der Waals surface area contributed by atoms with Gasteiger partial charge in [-0.3, -0.25) is 4.68 Å². The van der Waals surface area contributed by atoms with Gasteiger partial charge in [0.25, 0.3) is 9.84 Å². The minimum Gasteiger partial charge on any atom is -0.322 e. The minimum atomic E-state index is -4.07. The Bertz CT molecular complexity index is 1250. The van der Waals surface area contributed by atoms with Crippen molar-refractivity contribution >= 4 is 27.2 Å². The number of hydrogen-bond acceptors (Lipinski definition) is 6. The molecule has 10 heteroatoms. The zero-order valence-electron chi connectivity index (χ0n) is 15.9. The Morgan fingerprint density at radius 3 is 2.52 bits per heavy atom. The predicted molar refractivity (Wildman–Crippen MR) is 105 cm³/mol. The van der Waals surface area contributed by atoms with Gasteiger partial charge in [-0.05, 0) is 60.8 Å². The van der Waals surface area contributed by atoms with Gasteiger partial charge in [0.1, 0.15) is 0 Å². The maximum absolute atomic E-state index is 12.9. The molecule has 0 aliphatic heterocycles. The number of aromatic nitrogens is 5. The van der Waals surface area contributed by atoms with E-state index in [1.807, 2.05) is 0 Å². The summed E-state index contributed by atoms with van der Waals surface area (Å²) in [6.45, 7) is 7.18. The maximum atomic E-state index is 12.9. The Morgan fingerprint density at radius 2 is 1.86 bits per heavy atom. The van der Waals surface area contributed by atoms with Gasteiger partial charge in [-0.2, -0.15) is 10.1 Å². The standard InChI is InChI=1S/C19H19N7O2S/c1-20-15-10-26(2)25-17(15)29(27,28)19-22-18(23-24-19)21-16-13-7-3-5-11(13)9-12-6-4-8-14(12)16/h9-10H,3-8H2,2H3,(H2,21,22,23,24).